The molecule has 0 aliphatic carbocycles. The molecule has 0 unspecified atom stereocenters. The molecule has 2 aliphatic rings. The van der Waals surface area contributed by atoms with Gasteiger partial charge in [0.1, 0.15) is 11.4 Å². The Kier molecular flexibility index (Phi) is 7.54. The van der Waals surface area contributed by atoms with Crippen molar-refractivity contribution in [3.8, 4) is 5.75 Å². The predicted molar refractivity (Wildman–Crippen MR) is 142 cm³/mol. The minimum atomic E-state index is -0.671. The largest absolute Gasteiger partial charge is 0.496 e. The lowest BCUT2D eigenvalue weighted by Gasteiger charge is -2.37. The number of methoxy groups -OCH3 is 1. The average molecular weight is 506 g/mol. The minimum Gasteiger partial charge on any atom is -0.496 e. The highest BCUT2D eigenvalue weighted by atomic mass is 32.2. The molecule has 1 amide bonds. The Hall–Kier alpha value is -3.52. The fraction of sp³-hybridized carbons (Fsp3) is 0.321. The van der Waals surface area contributed by atoms with Gasteiger partial charge in [0.2, 0.25) is 5.91 Å². The average Bonchev–Trinajstić information content (AvgIpc) is 3.23. The molecule has 0 saturated carbocycles. The van der Waals surface area contributed by atoms with E-state index in [0.717, 1.165) is 16.8 Å². The third kappa shape index (κ3) is 5.65. The van der Waals surface area contributed by atoms with Gasteiger partial charge in [-0.25, -0.2) is 9.79 Å². The number of carbonyl (C=O) groups is 2. The second-order valence-electron chi connectivity index (χ2n) is 9.58. The lowest BCUT2D eigenvalue weighted by molar-refractivity contribution is -0.150. The van der Waals surface area contributed by atoms with E-state index in [1.54, 1.807) is 7.11 Å². The van der Waals surface area contributed by atoms with Gasteiger partial charge >= 0.3 is 5.97 Å². The fourth-order valence-electron chi connectivity index (χ4n) is 4.17. The number of benzene rings is 2. The number of thioether (sulfide) groups is 1. The van der Waals surface area contributed by atoms with E-state index in [0.29, 0.717) is 28.7 Å². The van der Waals surface area contributed by atoms with Crippen LogP contribution in [-0.4, -0.2) is 34.7 Å². The molecular weight excluding hydrogens is 474 g/mol. The number of hydrogen-bond donors (Lipinski definition) is 1. The molecule has 7 nitrogen and oxygen atoms in total. The number of hydrogen-bond acceptors (Lipinski definition) is 7. The number of nitrogens with zero attached hydrogens (tertiary/aromatic N) is 2. The molecule has 0 bridgehead atoms. The van der Waals surface area contributed by atoms with Crippen LogP contribution in [0.5, 0.6) is 5.75 Å². The maximum Gasteiger partial charge on any atom is 0.338 e. The van der Waals surface area contributed by atoms with E-state index in [1.807, 2.05) is 92.6 Å². The molecule has 4 rings (SSSR count). The molecule has 188 valence electrons. The quantitative estimate of drug-likeness (QED) is 0.513. The SMILES string of the molecule is COc1ccccc1[C@H]1C(C(=O)OC(C)(C)C)=C(C)N=C2SC=C(CC(=O)NCc3ccccc3)N21. The van der Waals surface area contributed by atoms with Crippen LogP contribution in [0.15, 0.2) is 82.0 Å². The number of carbonyl (C=O) groups excluding carboxylic acids is 2. The van der Waals surface area contributed by atoms with Crippen LogP contribution in [0.3, 0.4) is 0 Å². The van der Waals surface area contributed by atoms with Gasteiger partial charge in [0.25, 0.3) is 0 Å². The van der Waals surface area contributed by atoms with E-state index in [4.69, 9.17) is 14.5 Å². The molecule has 0 fully saturated rings. The Bertz CT molecular complexity index is 1240. The van der Waals surface area contributed by atoms with Crippen LogP contribution in [0.25, 0.3) is 0 Å². The van der Waals surface area contributed by atoms with E-state index in [9.17, 15) is 9.59 Å². The van der Waals surface area contributed by atoms with Crippen molar-refractivity contribution in [2.45, 2.75) is 52.3 Å². The summed E-state index contributed by atoms with van der Waals surface area (Å²) in [4.78, 5) is 33.1. The summed E-state index contributed by atoms with van der Waals surface area (Å²) in [5.74, 6) is 0.0849. The predicted octanol–water partition coefficient (Wildman–Crippen LogP) is 5.32. The van der Waals surface area contributed by atoms with Crippen LogP contribution in [0.4, 0.5) is 0 Å². The third-order valence-corrected chi connectivity index (χ3v) is 6.62. The van der Waals surface area contributed by atoms with Crippen molar-refractivity contribution in [1.29, 1.82) is 0 Å². The van der Waals surface area contributed by atoms with Gasteiger partial charge < -0.3 is 19.7 Å². The Morgan fingerprint density at radius 2 is 1.78 bits per heavy atom. The zero-order valence-corrected chi connectivity index (χ0v) is 22.0. The Balaban J connectivity index is 1.66. The Morgan fingerprint density at radius 3 is 2.47 bits per heavy atom. The lowest BCUT2D eigenvalue weighted by Crippen LogP contribution is -2.39. The highest BCUT2D eigenvalue weighted by molar-refractivity contribution is 8.16. The lowest BCUT2D eigenvalue weighted by atomic mass is 9.93. The first-order valence-electron chi connectivity index (χ1n) is 11.8. The zero-order chi connectivity index (χ0) is 25.9. The number of allylic oxidation sites excluding steroid dienone is 1. The van der Waals surface area contributed by atoms with Crippen molar-refractivity contribution >= 4 is 28.8 Å². The van der Waals surface area contributed by atoms with Gasteiger partial charge in [-0.2, -0.15) is 0 Å². The van der Waals surface area contributed by atoms with E-state index >= 15 is 0 Å². The summed E-state index contributed by atoms with van der Waals surface area (Å²) in [6.45, 7) is 7.77. The molecule has 8 heteroatoms. The van der Waals surface area contributed by atoms with Crippen LogP contribution < -0.4 is 10.1 Å². The summed E-state index contributed by atoms with van der Waals surface area (Å²) in [6.07, 6.45) is 0.144. The number of para-hydroxylation sites is 1. The monoisotopic (exact) mass is 505 g/mol. The number of fused-ring (bicyclic) bond motifs is 1. The molecule has 0 saturated heterocycles. The van der Waals surface area contributed by atoms with Crippen LogP contribution in [0.1, 0.15) is 51.3 Å². The third-order valence-electron chi connectivity index (χ3n) is 5.73. The van der Waals surface area contributed by atoms with Crippen molar-refractivity contribution in [3.05, 3.63) is 88.1 Å². The normalized spacial score (nSPS) is 17.2. The molecule has 36 heavy (non-hydrogen) atoms. The molecule has 1 atom stereocenters. The number of amides is 1. The van der Waals surface area contributed by atoms with Crippen LogP contribution >= 0.6 is 11.8 Å². The first-order chi connectivity index (χ1) is 17.2. The van der Waals surface area contributed by atoms with Gasteiger partial charge in [-0.3, -0.25) is 4.79 Å². The minimum absolute atomic E-state index is 0.115. The van der Waals surface area contributed by atoms with E-state index < -0.39 is 17.6 Å². The van der Waals surface area contributed by atoms with Crippen LogP contribution in [0, 0.1) is 0 Å². The van der Waals surface area contributed by atoms with Gasteiger partial charge in [0, 0.05) is 17.8 Å². The van der Waals surface area contributed by atoms with Gasteiger partial charge in [0.15, 0.2) is 5.17 Å². The molecule has 0 radical (unpaired) electrons. The molecule has 0 aromatic heterocycles. The maximum absolute atomic E-state index is 13.5. The molecule has 2 aromatic carbocycles. The van der Waals surface area contributed by atoms with Crippen molar-refractivity contribution < 1.29 is 19.1 Å². The first-order valence-corrected chi connectivity index (χ1v) is 12.7. The summed E-state index contributed by atoms with van der Waals surface area (Å²) >= 11 is 1.44. The number of ether oxygens (including phenoxy) is 2. The van der Waals surface area contributed by atoms with Gasteiger partial charge in [-0.05, 0) is 44.7 Å². The van der Waals surface area contributed by atoms with Gasteiger partial charge in [-0.1, -0.05) is 60.3 Å². The number of amidine groups is 1. The number of rotatable bonds is 7. The maximum atomic E-state index is 13.5. The molecular formula is C28H31N3O4S. The number of esters is 1. The Morgan fingerprint density at radius 1 is 1.08 bits per heavy atom. The number of aliphatic imine (C=N–C) groups is 1. The summed E-state index contributed by atoms with van der Waals surface area (Å²) in [7, 11) is 1.60. The second-order valence-corrected chi connectivity index (χ2v) is 10.4. The summed E-state index contributed by atoms with van der Waals surface area (Å²) in [6, 6.07) is 16.8. The van der Waals surface area contributed by atoms with Crippen molar-refractivity contribution in [3.63, 3.8) is 0 Å². The van der Waals surface area contributed by atoms with E-state index in [1.165, 1.54) is 11.8 Å². The van der Waals surface area contributed by atoms with Gasteiger partial charge in [0.05, 0.1) is 30.8 Å². The first kappa shape index (κ1) is 25.6. The molecule has 2 heterocycles. The molecule has 2 aliphatic heterocycles. The summed E-state index contributed by atoms with van der Waals surface area (Å²) < 4.78 is 11.5. The van der Waals surface area contributed by atoms with E-state index in [-0.39, 0.29) is 12.3 Å². The second kappa shape index (κ2) is 10.6. The zero-order valence-electron chi connectivity index (χ0n) is 21.2. The van der Waals surface area contributed by atoms with E-state index in [2.05, 4.69) is 5.32 Å². The highest BCUT2D eigenvalue weighted by Gasteiger charge is 2.42. The molecule has 2 aromatic rings. The van der Waals surface area contributed by atoms with Crippen LogP contribution in [-0.2, 0) is 20.9 Å². The summed E-state index contributed by atoms with van der Waals surface area (Å²) in [5.41, 5.74) is 2.92. The molecule has 0 spiro atoms. The smallest absolute Gasteiger partial charge is 0.338 e. The molecule has 1 N–H and O–H groups in total. The van der Waals surface area contributed by atoms with Crippen molar-refractivity contribution in [2.75, 3.05) is 7.11 Å². The highest BCUT2D eigenvalue weighted by Crippen LogP contribution is 2.47. The van der Waals surface area contributed by atoms with Crippen molar-refractivity contribution in [1.82, 2.24) is 10.2 Å². The van der Waals surface area contributed by atoms with Crippen LogP contribution in [0.2, 0.25) is 0 Å². The summed E-state index contributed by atoms with van der Waals surface area (Å²) in [5, 5.41) is 5.62. The van der Waals surface area contributed by atoms with Gasteiger partial charge in [-0.15, -0.1) is 0 Å². The van der Waals surface area contributed by atoms with Crippen molar-refractivity contribution in [2.24, 2.45) is 4.99 Å². The fourth-order valence-corrected chi connectivity index (χ4v) is 5.14. The Labute approximate surface area is 216 Å². The number of nitrogens with one attached hydrogen (secondary N) is 1. The topological polar surface area (TPSA) is 80.2 Å². The standard InChI is InChI=1S/C28H31N3O4S/c1-18-24(26(33)35-28(2,3)4)25(21-13-9-10-14-22(21)34-5)31-20(17-36-27(31)30-18)15-23(32)29-16-19-11-7-6-8-12-19/h6-14,17,25H,15-16H2,1-5H3,(H,29,32)/t25-/m0/s1.